The molecule has 0 radical (unpaired) electrons. The normalized spacial score (nSPS) is 16.0. The van der Waals surface area contributed by atoms with Crippen LogP contribution in [0.2, 0.25) is 0 Å². The smallest absolute Gasteiger partial charge is 0.291 e. The number of carbonyl (C=O) groups excluding carboxylic acids is 1. The van der Waals surface area contributed by atoms with Crippen molar-refractivity contribution in [1.29, 1.82) is 0 Å². The van der Waals surface area contributed by atoms with Gasteiger partial charge in [0, 0.05) is 0 Å². The fourth-order valence-electron chi connectivity index (χ4n) is 3.85. The number of aryl methyl sites for hydroxylation is 1. The number of hydrogen-bond donors (Lipinski definition) is 0. The highest BCUT2D eigenvalue weighted by Crippen LogP contribution is 2.39. The third kappa shape index (κ3) is 2.47. The summed E-state index contributed by atoms with van der Waals surface area (Å²) in [6, 6.07) is 18.0. The first kappa shape index (κ1) is 16.6. The Hall–Kier alpha value is -3.60. The quantitative estimate of drug-likeness (QED) is 0.534. The summed E-state index contributed by atoms with van der Waals surface area (Å²) in [7, 11) is 0. The minimum Gasteiger partial charge on any atom is -0.467 e. The Morgan fingerprint density at radius 2 is 1.82 bits per heavy atom. The van der Waals surface area contributed by atoms with E-state index in [9.17, 15) is 9.59 Å². The van der Waals surface area contributed by atoms with Gasteiger partial charge in [-0.15, -0.1) is 0 Å². The molecule has 1 atom stereocenters. The van der Waals surface area contributed by atoms with Crippen LogP contribution in [0.4, 0.5) is 0 Å². The molecule has 1 aliphatic heterocycles. The molecule has 0 N–H and O–H groups in total. The Bertz CT molecular complexity index is 1240. The van der Waals surface area contributed by atoms with Crippen molar-refractivity contribution in [3.8, 4) is 0 Å². The van der Waals surface area contributed by atoms with Crippen LogP contribution in [-0.4, -0.2) is 10.8 Å². The molecule has 138 valence electrons. The molecule has 1 amide bonds. The molecule has 0 fully saturated rings. The van der Waals surface area contributed by atoms with E-state index in [-0.39, 0.29) is 23.6 Å². The summed E-state index contributed by atoms with van der Waals surface area (Å²) in [6.07, 6.45) is 1.57. The predicted octanol–water partition coefficient (Wildman–Crippen LogP) is 4.44. The lowest BCUT2D eigenvalue weighted by atomic mass is 9.98. The van der Waals surface area contributed by atoms with Crippen molar-refractivity contribution < 1.29 is 13.6 Å². The Balaban J connectivity index is 1.76. The van der Waals surface area contributed by atoms with E-state index < -0.39 is 6.04 Å². The summed E-state index contributed by atoms with van der Waals surface area (Å²) in [6.45, 7) is 2.18. The van der Waals surface area contributed by atoms with Gasteiger partial charge in [-0.1, -0.05) is 42.0 Å². The van der Waals surface area contributed by atoms with Crippen LogP contribution in [-0.2, 0) is 6.54 Å². The van der Waals surface area contributed by atoms with Crippen molar-refractivity contribution in [3.63, 3.8) is 0 Å². The number of fused-ring (bicyclic) bond motifs is 2. The van der Waals surface area contributed by atoms with Gasteiger partial charge in [0.2, 0.25) is 5.76 Å². The van der Waals surface area contributed by atoms with Gasteiger partial charge in [-0.05, 0) is 36.8 Å². The first-order valence-corrected chi connectivity index (χ1v) is 9.09. The minimum absolute atomic E-state index is 0.113. The summed E-state index contributed by atoms with van der Waals surface area (Å²) < 4.78 is 11.4. The van der Waals surface area contributed by atoms with E-state index in [1.165, 1.54) is 0 Å². The van der Waals surface area contributed by atoms with Crippen molar-refractivity contribution in [2.45, 2.75) is 19.5 Å². The summed E-state index contributed by atoms with van der Waals surface area (Å²) in [5, 5.41) is 0.493. The zero-order chi connectivity index (χ0) is 19.3. The third-order valence-electron chi connectivity index (χ3n) is 5.14. The number of carbonyl (C=O) groups is 1. The van der Waals surface area contributed by atoms with Gasteiger partial charge < -0.3 is 13.7 Å². The highest BCUT2D eigenvalue weighted by molar-refractivity contribution is 5.99. The molecule has 3 heterocycles. The number of nitrogens with zero attached hydrogens (tertiary/aromatic N) is 1. The maximum atomic E-state index is 13.4. The molecule has 0 spiro atoms. The van der Waals surface area contributed by atoms with Gasteiger partial charge in [-0.2, -0.15) is 0 Å². The molecule has 2 aromatic heterocycles. The Morgan fingerprint density at radius 3 is 2.57 bits per heavy atom. The van der Waals surface area contributed by atoms with E-state index in [0.29, 0.717) is 22.3 Å². The maximum absolute atomic E-state index is 13.4. The lowest BCUT2D eigenvalue weighted by Crippen LogP contribution is -2.29. The molecule has 5 heteroatoms. The van der Waals surface area contributed by atoms with E-state index in [1.54, 1.807) is 23.3 Å². The zero-order valence-electron chi connectivity index (χ0n) is 15.2. The lowest BCUT2D eigenvalue weighted by Gasteiger charge is -2.24. The molecular weight excluding hydrogens is 354 g/mol. The van der Waals surface area contributed by atoms with Crippen LogP contribution in [0.25, 0.3) is 11.0 Å². The first-order valence-electron chi connectivity index (χ1n) is 9.09. The van der Waals surface area contributed by atoms with Gasteiger partial charge in [0.1, 0.15) is 11.3 Å². The summed E-state index contributed by atoms with van der Waals surface area (Å²) in [4.78, 5) is 28.2. The highest BCUT2D eigenvalue weighted by Gasteiger charge is 2.42. The fraction of sp³-hybridized carbons (Fsp3) is 0.130. The molecule has 1 unspecified atom stereocenters. The van der Waals surface area contributed by atoms with Crippen molar-refractivity contribution in [2.24, 2.45) is 0 Å². The maximum Gasteiger partial charge on any atom is 0.291 e. The Kier molecular flexibility index (Phi) is 3.69. The van der Waals surface area contributed by atoms with Crippen LogP contribution in [0.3, 0.4) is 0 Å². The van der Waals surface area contributed by atoms with E-state index in [1.807, 2.05) is 55.5 Å². The van der Waals surface area contributed by atoms with Gasteiger partial charge in [-0.25, -0.2) is 0 Å². The van der Waals surface area contributed by atoms with E-state index >= 15 is 0 Å². The average Bonchev–Trinajstić information content (AvgIpc) is 3.31. The van der Waals surface area contributed by atoms with Crippen molar-refractivity contribution in [1.82, 2.24) is 4.90 Å². The van der Waals surface area contributed by atoms with E-state index in [0.717, 1.165) is 11.1 Å². The molecule has 28 heavy (non-hydrogen) atoms. The SMILES string of the molecule is Cc1ccc2oc3c(c(=O)c2c1)C(c1ccccc1)N(Cc1ccco1)C3=O. The summed E-state index contributed by atoms with van der Waals surface area (Å²) in [5.41, 5.74) is 2.48. The molecule has 0 saturated carbocycles. The number of amides is 1. The monoisotopic (exact) mass is 371 g/mol. The zero-order valence-corrected chi connectivity index (χ0v) is 15.2. The van der Waals surface area contributed by atoms with Gasteiger partial charge in [0.15, 0.2) is 5.43 Å². The largest absolute Gasteiger partial charge is 0.467 e. The molecule has 5 nitrogen and oxygen atoms in total. The highest BCUT2D eigenvalue weighted by atomic mass is 16.3. The van der Waals surface area contributed by atoms with Gasteiger partial charge in [-0.3, -0.25) is 9.59 Å². The van der Waals surface area contributed by atoms with Crippen molar-refractivity contribution in [3.05, 3.63) is 105 Å². The molecule has 2 aromatic carbocycles. The molecule has 0 saturated heterocycles. The van der Waals surface area contributed by atoms with Crippen molar-refractivity contribution >= 4 is 16.9 Å². The number of benzene rings is 2. The number of furan rings is 1. The average molecular weight is 371 g/mol. The molecule has 5 rings (SSSR count). The van der Waals surface area contributed by atoms with Gasteiger partial charge in [0.25, 0.3) is 5.91 Å². The predicted molar refractivity (Wildman–Crippen MR) is 104 cm³/mol. The summed E-state index contributed by atoms with van der Waals surface area (Å²) >= 11 is 0. The molecular formula is C23H17NO4. The summed E-state index contributed by atoms with van der Waals surface area (Å²) in [5.74, 6) is 0.455. The van der Waals surface area contributed by atoms with Gasteiger partial charge >= 0.3 is 0 Å². The van der Waals surface area contributed by atoms with Crippen LogP contribution in [0, 0.1) is 6.92 Å². The lowest BCUT2D eigenvalue weighted by molar-refractivity contribution is 0.0701. The van der Waals surface area contributed by atoms with E-state index in [4.69, 9.17) is 8.83 Å². The second kappa shape index (κ2) is 6.23. The van der Waals surface area contributed by atoms with Crippen LogP contribution in [0.1, 0.15) is 39.0 Å². The van der Waals surface area contributed by atoms with Crippen molar-refractivity contribution in [2.75, 3.05) is 0 Å². The molecule has 1 aliphatic rings. The second-order valence-electron chi connectivity index (χ2n) is 7.00. The first-order chi connectivity index (χ1) is 13.6. The third-order valence-corrected chi connectivity index (χ3v) is 5.14. The van der Waals surface area contributed by atoms with Crippen LogP contribution >= 0.6 is 0 Å². The topological polar surface area (TPSA) is 63.7 Å². The second-order valence-corrected chi connectivity index (χ2v) is 7.00. The minimum atomic E-state index is -0.519. The molecule has 4 aromatic rings. The van der Waals surface area contributed by atoms with Crippen LogP contribution in [0.15, 0.2) is 80.6 Å². The Labute approximate surface area is 160 Å². The van der Waals surface area contributed by atoms with Crippen LogP contribution in [0.5, 0.6) is 0 Å². The molecule has 0 bridgehead atoms. The fourth-order valence-corrected chi connectivity index (χ4v) is 3.85. The van der Waals surface area contributed by atoms with E-state index in [2.05, 4.69) is 0 Å². The molecule has 0 aliphatic carbocycles. The standard InChI is InChI=1S/C23H17NO4/c1-14-9-10-18-17(12-14)21(25)19-20(15-6-3-2-4-7-15)24(23(26)22(19)28-18)13-16-8-5-11-27-16/h2-12,20H,13H2,1H3. The Morgan fingerprint density at radius 1 is 1.00 bits per heavy atom. The van der Waals surface area contributed by atoms with Crippen LogP contribution < -0.4 is 5.43 Å². The van der Waals surface area contributed by atoms with Gasteiger partial charge in [0.05, 0.1) is 29.8 Å². The number of rotatable bonds is 3. The number of hydrogen-bond acceptors (Lipinski definition) is 4.